The normalized spacial score (nSPS) is 25.7. The molecule has 2 fully saturated rings. The van der Waals surface area contributed by atoms with Gasteiger partial charge in [0, 0.05) is 24.4 Å². The fourth-order valence-electron chi connectivity index (χ4n) is 6.78. The van der Waals surface area contributed by atoms with Crippen LogP contribution in [0.15, 0.2) is 66.7 Å². The first kappa shape index (κ1) is 35.5. The Morgan fingerprint density at radius 3 is 2.57 bits per heavy atom. The molecule has 2 aliphatic heterocycles. The van der Waals surface area contributed by atoms with Crippen molar-refractivity contribution in [2.24, 2.45) is 5.92 Å². The molecule has 3 heterocycles. The molecule has 3 aliphatic rings. The highest BCUT2D eigenvalue weighted by molar-refractivity contribution is 5.96. The van der Waals surface area contributed by atoms with Gasteiger partial charge in [0.1, 0.15) is 23.2 Å². The van der Waals surface area contributed by atoms with Crippen molar-refractivity contribution in [2.45, 2.75) is 95.0 Å². The summed E-state index contributed by atoms with van der Waals surface area (Å²) in [5.41, 5.74) is 0.468. The number of nitrogens with zero attached hydrogens (tertiary/aromatic N) is 5. The third-order valence-corrected chi connectivity index (χ3v) is 9.54. The Hall–Kier alpha value is -5.33. The number of ether oxygens (including phenoxy) is 1. The van der Waals surface area contributed by atoms with E-state index in [-0.39, 0.29) is 25.3 Å². The molecule has 2 aromatic carbocycles. The number of aliphatic carboxylic acids is 1. The standard InChI is InChI=1S/C38H45N7O6/c1-37(2,3)51-36(50)39-30-19-11-6-4-5-10-17-27-23-38(27,35(48)49)40-33(46)31-22-28(24-44(31)34(30)47)45-42-32(41-43-45)29-18-13-12-16-26(29)21-20-25-14-8-7-9-15-25/h7-10,12-18,20-21,27-28,30-31H,4-6,11,19,22-24H2,1-3H3,(H,39,50)(H,40,46)(H,48,49)/t27-,28-,30+,31+,38-/m1/s1. The summed E-state index contributed by atoms with van der Waals surface area (Å²) in [6.07, 6.45) is 10.9. The van der Waals surface area contributed by atoms with E-state index in [9.17, 15) is 24.3 Å². The van der Waals surface area contributed by atoms with Gasteiger partial charge in [0.15, 0.2) is 0 Å². The lowest BCUT2D eigenvalue weighted by molar-refractivity contribution is -0.145. The third-order valence-electron chi connectivity index (χ3n) is 9.54. The summed E-state index contributed by atoms with van der Waals surface area (Å²) >= 11 is 0. The lowest BCUT2D eigenvalue weighted by Gasteiger charge is -2.30. The summed E-state index contributed by atoms with van der Waals surface area (Å²) < 4.78 is 5.48. The van der Waals surface area contributed by atoms with Crippen LogP contribution in [-0.4, -0.2) is 83.9 Å². The maximum Gasteiger partial charge on any atom is 0.408 e. The number of tetrazole rings is 1. The van der Waals surface area contributed by atoms with Gasteiger partial charge in [-0.05, 0) is 62.8 Å². The average molecular weight is 696 g/mol. The van der Waals surface area contributed by atoms with E-state index < -0.39 is 53.1 Å². The number of rotatable bonds is 6. The number of aromatic nitrogens is 4. The minimum absolute atomic E-state index is 0.0537. The van der Waals surface area contributed by atoms with Crippen LogP contribution in [0.1, 0.15) is 82.9 Å². The summed E-state index contributed by atoms with van der Waals surface area (Å²) in [6, 6.07) is 15.1. The van der Waals surface area contributed by atoms with Gasteiger partial charge in [0.25, 0.3) is 0 Å². The molecule has 0 unspecified atom stereocenters. The largest absolute Gasteiger partial charge is 0.479 e. The van der Waals surface area contributed by atoms with Gasteiger partial charge >= 0.3 is 12.1 Å². The molecule has 5 atom stereocenters. The van der Waals surface area contributed by atoms with Crippen molar-refractivity contribution in [3.63, 3.8) is 0 Å². The van der Waals surface area contributed by atoms with Crippen molar-refractivity contribution in [1.82, 2.24) is 35.7 Å². The van der Waals surface area contributed by atoms with Crippen molar-refractivity contribution in [3.8, 4) is 11.4 Å². The number of hydrogen-bond acceptors (Lipinski definition) is 8. The highest BCUT2D eigenvalue weighted by Gasteiger charge is 2.61. The second-order valence-corrected chi connectivity index (χ2v) is 14.5. The molecule has 3 amide bonds. The summed E-state index contributed by atoms with van der Waals surface area (Å²) in [6.45, 7) is 5.28. The number of allylic oxidation sites excluding steroid dienone is 1. The molecule has 0 spiro atoms. The first-order valence-corrected chi connectivity index (χ1v) is 17.6. The summed E-state index contributed by atoms with van der Waals surface area (Å²) in [5, 5.41) is 29.1. The molecule has 51 heavy (non-hydrogen) atoms. The van der Waals surface area contributed by atoms with E-state index >= 15 is 0 Å². The molecule has 1 aromatic heterocycles. The smallest absolute Gasteiger partial charge is 0.408 e. The van der Waals surface area contributed by atoms with Crippen LogP contribution in [-0.2, 0) is 19.1 Å². The molecule has 13 nitrogen and oxygen atoms in total. The van der Waals surface area contributed by atoms with E-state index in [2.05, 4.69) is 20.9 Å². The monoisotopic (exact) mass is 695 g/mol. The number of nitrogens with one attached hydrogen (secondary N) is 2. The van der Waals surface area contributed by atoms with E-state index in [1.807, 2.05) is 78.9 Å². The van der Waals surface area contributed by atoms with Crippen molar-refractivity contribution in [3.05, 3.63) is 77.9 Å². The van der Waals surface area contributed by atoms with Crippen LogP contribution in [0, 0.1) is 5.92 Å². The van der Waals surface area contributed by atoms with Crippen LogP contribution in [0.25, 0.3) is 23.5 Å². The fraction of sp³-hybridized carbons (Fsp3) is 0.447. The van der Waals surface area contributed by atoms with Gasteiger partial charge in [-0.3, -0.25) is 9.59 Å². The van der Waals surface area contributed by atoms with Crippen LogP contribution in [0.5, 0.6) is 0 Å². The second kappa shape index (κ2) is 14.9. The first-order chi connectivity index (χ1) is 24.4. The number of carboxylic acid groups (broad SMARTS) is 1. The molecule has 0 radical (unpaired) electrons. The summed E-state index contributed by atoms with van der Waals surface area (Å²) in [7, 11) is 0. The van der Waals surface area contributed by atoms with Gasteiger partial charge in [0.05, 0.1) is 6.04 Å². The second-order valence-electron chi connectivity index (χ2n) is 14.5. The summed E-state index contributed by atoms with van der Waals surface area (Å²) in [4.78, 5) is 56.5. The van der Waals surface area contributed by atoms with Gasteiger partial charge in [0.2, 0.25) is 17.6 Å². The fourth-order valence-corrected chi connectivity index (χ4v) is 6.78. The van der Waals surface area contributed by atoms with Gasteiger partial charge in [-0.25, -0.2) is 9.59 Å². The predicted octanol–water partition coefficient (Wildman–Crippen LogP) is 5.03. The Kier molecular flexibility index (Phi) is 10.4. The van der Waals surface area contributed by atoms with E-state index in [0.29, 0.717) is 18.7 Å². The minimum Gasteiger partial charge on any atom is -0.479 e. The SMILES string of the molecule is CC(C)(C)OC(=O)N[C@H]1CCCCCC=C[C@@H]2C[C@@]2(C(=O)O)NC(=O)[C@@H]2C[C@@H](n3nnc(-c4ccccc4C=Cc4ccccc4)n3)CN2C1=O. The molecule has 1 saturated carbocycles. The molecule has 3 N–H and O–H groups in total. The van der Waals surface area contributed by atoms with Gasteiger partial charge in [-0.2, -0.15) is 4.80 Å². The van der Waals surface area contributed by atoms with Crippen LogP contribution in [0.4, 0.5) is 4.79 Å². The number of fused-ring (bicyclic) bond motifs is 2. The molecule has 13 heteroatoms. The highest BCUT2D eigenvalue weighted by Crippen LogP contribution is 2.45. The quantitative estimate of drug-likeness (QED) is 0.237. The number of carbonyl (C=O) groups is 4. The van der Waals surface area contributed by atoms with Crippen molar-refractivity contribution in [1.29, 1.82) is 0 Å². The van der Waals surface area contributed by atoms with Gasteiger partial charge < -0.3 is 25.4 Å². The number of benzene rings is 2. The van der Waals surface area contributed by atoms with Crippen molar-refractivity contribution < 1.29 is 29.0 Å². The molecule has 3 aromatic rings. The van der Waals surface area contributed by atoms with Crippen molar-refractivity contribution >= 4 is 36.0 Å². The number of carboxylic acids is 1. The Morgan fingerprint density at radius 1 is 1.04 bits per heavy atom. The Labute approximate surface area is 297 Å². The molecular weight excluding hydrogens is 650 g/mol. The molecular formula is C38H45N7O6. The number of carbonyl (C=O) groups excluding carboxylic acids is 3. The number of alkyl carbamates (subject to hydrolysis) is 1. The Bertz CT molecular complexity index is 1820. The molecule has 6 rings (SSSR count). The molecule has 1 aliphatic carbocycles. The topological polar surface area (TPSA) is 169 Å². The van der Waals surface area contributed by atoms with E-state index in [1.165, 1.54) is 9.70 Å². The maximum atomic E-state index is 14.3. The van der Waals surface area contributed by atoms with E-state index in [4.69, 9.17) is 9.84 Å². The molecule has 1 saturated heterocycles. The third kappa shape index (κ3) is 8.35. The molecule has 268 valence electrons. The van der Waals surface area contributed by atoms with Crippen LogP contribution in [0.3, 0.4) is 0 Å². The maximum absolute atomic E-state index is 14.3. The lowest BCUT2D eigenvalue weighted by Crippen LogP contribution is -2.56. The molecule has 0 bridgehead atoms. The minimum atomic E-state index is -1.44. The summed E-state index contributed by atoms with van der Waals surface area (Å²) in [5.74, 6) is -2.11. The number of amides is 3. The zero-order valence-corrected chi connectivity index (χ0v) is 29.2. The van der Waals surface area contributed by atoms with Crippen LogP contribution < -0.4 is 10.6 Å². The first-order valence-electron chi connectivity index (χ1n) is 17.6. The van der Waals surface area contributed by atoms with Gasteiger partial charge in [-0.15, -0.1) is 10.2 Å². The lowest BCUT2D eigenvalue weighted by atomic mass is 10.0. The highest BCUT2D eigenvalue weighted by atomic mass is 16.6. The van der Waals surface area contributed by atoms with E-state index in [0.717, 1.165) is 36.0 Å². The average Bonchev–Trinajstić information content (AvgIpc) is 3.39. The van der Waals surface area contributed by atoms with E-state index in [1.54, 1.807) is 20.8 Å². The van der Waals surface area contributed by atoms with Gasteiger partial charge in [-0.1, -0.05) is 91.7 Å². The number of hydrogen-bond donors (Lipinski definition) is 3. The predicted molar refractivity (Wildman–Crippen MR) is 190 cm³/mol. The zero-order valence-electron chi connectivity index (χ0n) is 29.2. The van der Waals surface area contributed by atoms with Crippen LogP contribution >= 0.6 is 0 Å². The Balaban J connectivity index is 1.29. The zero-order chi connectivity index (χ0) is 36.2. The Morgan fingerprint density at radius 2 is 1.80 bits per heavy atom. The van der Waals surface area contributed by atoms with Crippen molar-refractivity contribution in [2.75, 3.05) is 6.54 Å². The van der Waals surface area contributed by atoms with Crippen LogP contribution in [0.2, 0.25) is 0 Å².